The minimum absolute atomic E-state index is 0.222. The Hall–Kier alpha value is -1.42. The van der Waals surface area contributed by atoms with Gasteiger partial charge < -0.3 is 19.9 Å². The number of nitrogen functional groups attached to an aromatic ring is 1. The van der Waals surface area contributed by atoms with Crippen LogP contribution in [0, 0.1) is 0 Å². The third kappa shape index (κ3) is 2.79. The van der Waals surface area contributed by atoms with Crippen LogP contribution in [-0.2, 0) is 4.74 Å². The molecule has 88 valence electrons. The highest BCUT2D eigenvalue weighted by Gasteiger charge is 2.15. The minimum Gasteiger partial charge on any atom is -0.497 e. The molecule has 0 unspecified atom stereocenters. The SMILES string of the molecule is COc1cc(N)cc(OC2CCOCC2)c1. The van der Waals surface area contributed by atoms with Gasteiger partial charge in [0.25, 0.3) is 0 Å². The third-order valence-electron chi connectivity index (χ3n) is 2.61. The first-order chi connectivity index (χ1) is 7.78. The number of anilines is 1. The molecule has 1 fully saturated rings. The second-order valence-corrected chi connectivity index (χ2v) is 3.87. The number of hydrogen-bond acceptors (Lipinski definition) is 4. The monoisotopic (exact) mass is 223 g/mol. The van der Waals surface area contributed by atoms with E-state index in [1.54, 1.807) is 13.2 Å². The lowest BCUT2D eigenvalue weighted by atomic mass is 10.1. The van der Waals surface area contributed by atoms with Crippen LogP contribution < -0.4 is 15.2 Å². The fourth-order valence-corrected chi connectivity index (χ4v) is 1.77. The Morgan fingerprint density at radius 1 is 1.19 bits per heavy atom. The Kier molecular flexibility index (Phi) is 3.51. The molecule has 2 rings (SSSR count). The summed E-state index contributed by atoms with van der Waals surface area (Å²) in [6.45, 7) is 1.54. The van der Waals surface area contributed by atoms with Crippen molar-refractivity contribution in [2.24, 2.45) is 0 Å². The van der Waals surface area contributed by atoms with Gasteiger partial charge in [0.1, 0.15) is 17.6 Å². The predicted octanol–water partition coefficient (Wildman–Crippen LogP) is 1.84. The summed E-state index contributed by atoms with van der Waals surface area (Å²) in [5, 5.41) is 0. The van der Waals surface area contributed by atoms with Gasteiger partial charge in [-0.3, -0.25) is 0 Å². The molecule has 1 aromatic carbocycles. The Bertz CT molecular complexity index is 348. The molecule has 0 atom stereocenters. The molecule has 1 aromatic rings. The van der Waals surface area contributed by atoms with Crippen molar-refractivity contribution in [1.29, 1.82) is 0 Å². The quantitative estimate of drug-likeness (QED) is 0.794. The van der Waals surface area contributed by atoms with E-state index in [4.69, 9.17) is 19.9 Å². The van der Waals surface area contributed by atoms with Crippen LogP contribution in [0.3, 0.4) is 0 Å². The second kappa shape index (κ2) is 5.07. The molecule has 1 aliphatic rings. The molecule has 0 amide bonds. The first-order valence-corrected chi connectivity index (χ1v) is 5.47. The predicted molar refractivity (Wildman–Crippen MR) is 61.9 cm³/mol. The average Bonchev–Trinajstić information content (AvgIpc) is 2.29. The van der Waals surface area contributed by atoms with Gasteiger partial charge >= 0.3 is 0 Å². The van der Waals surface area contributed by atoms with E-state index in [0.717, 1.165) is 37.6 Å². The first kappa shape index (κ1) is 11.1. The van der Waals surface area contributed by atoms with E-state index in [1.807, 2.05) is 12.1 Å². The van der Waals surface area contributed by atoms with Crippen LogP contribution in [0.4, 0.5) is 5.69 Å². The van der Waals surface area contributed by atoms with E-state index < -0.39 is 0 Å². The third-order valence-corrected chi connectivity index (χ3v) is 2.61. The zero-order valence-corrected chi connectivity index (χ0v) is 9.44. The van der Waals surface area contributed by atoms with Gasteiger partial charge in [-0.15, -0.1) is 0 Å². The number of benzene rings is 1. The van der Waals surface area contributed by atoms with E-state index in [9.17, 15) is 0 Å². The van der Waals surface area contributed by atoms with Crippen LogP contribution in [-0.4, -0.2) is 26.4 Å². The normalized spacial score (nSPS) is 17.1. The summed E-state index contributed by atoms with van der Waals surface area (Å²) in [4.78, 5) is 0. The van der Waals surface area contributed by atoms with E-state index in [2.05, 4.69) is 0 Å². The van der Waals surface area contributed by atoms with Crippen molar-refractivity contribution in [3.8, 4) is 11.5 Å². The molecule has 4 heteroatoms. The molecule has 0 aliphatic carbocycles. The molecule has 0 radical (unpaired) electrons. The van der Waals surface area contributed by atoms with Crippen molar-refractivity contribution < 1.29 is 14.2 Å². The molecular weight excluding hydrogens is 206 g/mol. The number of ether oxygens (including phenoxy) is 3. The summed E-state index contributed by atoms with van der Waals surface area (Å²) in [5.74, 6) is 1.49. The Balaban J connectivity index is 2.04. The van der Waals surface area contributed by atoms with Gasteiger partial charge in [-0.2, -0.15) is 0 Å². The number of rotatable bonds is 3. The summed E-state index contributed by atoms with van der Waals surface area (Å²) in [7, 11) is 1.62. The summed E-state index contributed by atoms with van der Waals surface area (Å²) in [6.07, 6.45) is 2.08. The molecule has 4 nitrogen and oxygen atoms in total. The van der Waals surface area contributed by atoms with Crippen molar-refractivity contribution in [2.75, 3.05) is 26.1 Å². The van der Waals surface area contributed by atoms with Gasteiger partial charge in [0.05, 0.1) is 20.3 Å². The van der Waals surface area contributed by atoms with E-state index >= 15 is 0 Å². The Morgan fingerprint density at radius 2 is 1.88 bits per heavy atom. The number of methoxy groups -OCH3 is 1. The van der Waals surface area contributed by atoms with Gasteiger partial charge in [0, 0.05) is 36.7 Å². The molecule has 16 heavy (non-hydrogen) atoms. The maximum atomic E-state index is 5.84. The van der Waals surface area contributed by atoms with Crippen LogP contribution in [0.2, 0.25) is 0 Å². The zero-order valence-electron chi connectivity index (χ0n) is 9.44. The fourth-order valence-electron chi connectivity index (χ4n) is 1.77. The maximum absolute atomic E-state index is 5.84. The highest BCUT2D eigenvalue weighted by molar-refractivity contribution is 5.50. The highest BCUT2D eigenvalue weighted by atomic mass is 16.5. The van der Waals surface area contributed by atoms with Crippen LogP contribution in [0.5, 0.6) is 11.5 Å². The van der Waals surface area contributed by atoms with Crippen LogP contribution in [0.1, 0.15) is 12.8 Å². The maximum Gasteiger partial charge on any atom is 0.125 e. The van der Waals surface area contributed by atoms with Crippen molar-refractivity contribution in [1.82, 2.24) is 0 Å². The van der Waals surface area contributed by atoms with Gasteiger partial charge in [-0.25, -0.2) is 0 Å². The topological polar surface area (TPSA) is 53.7 Å². The van der Waals surface area contributed by atoms with E-state index in [1.165, 1.54) is 0 Å². The van der Waals surface area contributed by atoms with Crippen LogP contribution in [0.25, 0.3) is 0 Å². The summed E-state index contributed by atoms with van der Waals surface area (Å²) >= 11 is 0. The Morgan fingerprint density at radius 3 is 2.56 bits per heavy atom. The smallest absolute Gasteiger partial charge is 0.125 e. The Labute approximate surface area is 95.3 Å². The van der Waals surface area contributed by atoms with E-state index in [-0.39, 0.29) is 6.10 Å². The summed E-state index contributed by atoms with van der Waals surface area (Å²) < 4.78 is 16.3. The molecule has 1 aliphatic heterocycles. The molecule has 0 saturated carbocycles. The van der Waals surface area contributed by atoms with Crippen molar-refractivity contribution in [2.45, 2.75) is 18.9 Å². The van der Waals surface area contributed by atoms with Crippen molar-refractivity contribution in [3.63, 3.8) is 0 Å². The van der Waals surface area contributed by atoms with Crippen LogP contribution >= 0.6 is 0 Å². The average molecular weight is 223 g/mol. The lowest BCUT2D eigenvalue weighted by molar-refractivity contribution is 0.0255. The fraction of sp³-hybridized carbons (Fsp3) is 0.500. The van der Waals surface area contributed by atoms with Crippen molar-refractivity contribution in [3.05, 3.63) is 18.2 Å². The lowest BCUT2D eigenvalue weighted by Crippen LogP contribution is -2.25. The molecule has 0 spiro atoms. The van der Waals surface area contributed by atoms with Crippen LogP contribution in [0.15, 0.2) is 18.2 Å². The highest BCUT2D eigenvalue weighted by Crippen LogP contribution is 2.26. The van der Waals surface area contributed by atoms with Gasteiger partial charge in [0.15, 0.2) is 0 Å². The minimum atomic E-state index is 0.222. The van der Waals surface area contributed by atoms with E-state index in [0.29, 0.717) is 5.69 Å². The van der Waals surface area contributed by atoms with Gasteiger partial charge in [-0.1, -0.05) is 0 Å². The molecule has 1 saturated heterocycles. The van der Waals surface area contributed by atoms with Gasteiger partial charge in [0.2, 0.25) is 0 Å². The van der Waals surface area contributed by atoms with Crippen molar-refractivity contribution >= 4 is 5.69 Å². The summed E-state index contributed by atoms with van der Waals surface area (Å²) in [5.41, 5.74) is 6.41. The standard InChI is InChI=1S/C12H17NO3/c1-14-11-6-9(13)7-12(8-11)16-10-2-4-15-5-3-10/h6-8,10H,2-5,13H2,1H3. The summed E-state index contributed by atoms with van der Waals surface area (Å²) in [6, 6.07) is 5.45. The lowest BCUT2D eigenvalue weighted by Gasteiger charge is -2.23. The number of hydrogen-bond donors (Lipinski definition) is 1. The largest absolute Gasteiger partial charge is 0.497 e. The number of nitrogens with two attached hydrogens (primary N) is 1. The molecular formula is C12H17NO3. The second-order valence-electron chi connectivity index (χ2n) is 3.87. The zero-order chi connectivity index (χ0) is 11.4. The molecule has 1 heterocycles. The first-order valence-electron chi connectivity index (χ1n) is 5.47. The molecule has 2 N–H and O–H groups in total. The molecule has 0 bridgehead atoms. The molecule has 0 aromatic heterocycles. The van der Waals surface area contributed by atoms with Gasteiger partial charge in [-0.05, 0) is 0 Å².